The Balaban J connectivity index is 2.24. The van der Waals surface area contributed by atoms with Gasteiger partial charge < -0.3 is 16.3 Å². The summed E-state index contributed by atoms with van der Waals surface area (Å²) in [5, 5.41) is 8.36. The molecule has 0 aliphatic heterocycles. The lowest BCUT2D eigenvalue weighted by molar-refractivity contribution is 0.0495. The molecule has 7 nitrogen and oxygen atoms in total. The second-order valence-electron chi connectivity index (χ2n) is 4.75. The van der Waals surface area contributed by atoms with Crippen molar-refractivity contribution in [2.45, 2.75) is 36.7 Å². The number of hydrogen-bond donors (Lipinski definition) is 2. The minimum Gasteiger partial charge on any atom is -0.462 e. The number of carbonyl (C=O) groups excluding carboxylic acids is 1. The van der Waals surface area contributed by atoms with Crippen molar-refractivity contribution in [3.8, 4) is 0 Å². The first-order chi connectivity index (χ1) is 10.5. The number of benzene rings is 1. The van der Waals surface area contributed by atoms with Crippen LogP contribution in [0.2, 0.25) is 0 Å². The predicted molar refractivity (Wildman–Crippen MR) is 85.1 cm³/mol. The summed E-state index contributed by atoms with van der Waals surface area (Å²) in [5.41, 5.74) is 6.67. The fourth-order valence-electron chi connectivity index (χ4n) is 1.70. The van der Waals surface area contributed by atoms with Gasteiger partial charge in [-0.1, -0.05) is 13.3 Å². The maximum atomic E-state index is 12.2. The predicted octanol–water partition coefficient (Wildman–Crippen LogP) is 1.99. The van der Waals surface area contributed by atoms with Crippen LogP contribution in [-0.2, 0) is 4.74 Å². The number of esters is 1. The minimum atomic E-state index is -0.400. The topological polar surface area (TPSA) is 109 Å². The van der Waals surface area contributed by atoms with E-state index in [9.17, 15) is 4.79 Å². The summed E-state index contributed by atoms with van der Waals surface area (Å²) in [6.45, 7) is 4.17. The summed E-state index contributed by atoms with van der Waals surface area (Å²) in [5.74, 6) is 6.02. The van der Waals surface area contributed by atoms with Gasteiger partial charge in [0.15, 0.2) is 0 Å². The summed E-state index contributed by atoms with van der Waals surface area (Å²) in [7, 11) is 0. The lowest BCUT2D eigenvalue weighted by Crippen LogP contribution is -2.12. The van der Waals surface area contributed by atoms with Crippen LogP contribution < -0.4 is 11.6 Å². The first-order valence-electron chi connectivity index (χ1n) is 6.94. The summed E-state index contributed by atoms with van der Waals surface area (Å²) >= 11 is 1.25. The molecule has 0 saturated carbocycles. The molecule has 1 heterocycles. The van der Waals surface area contributed by atoms with Crippen molar-refractivity contribution in [3.05, 3.63) is 29.6 Å². The molecule has 0 fully saturated rings. The van der Waals surface area contributed by atoms with Gasteiger partial charge in [-0.3, -0.25) is 0 Å². The van der Waals surface area contributed by atoms with Gasteiger partial charge in [0.1, 0.15) is 5.82 Å². The van der Waals surface area contributed by atoms with Crippen molar-refractivity contribution in [2.75, 3.05) is 18.2 Å². The Hall–Kier alpha value is -2.22. The van der Waals surface area contributed by atoms with Crippen LogP contribution in [0.1, 0.15) is 35.9 Å². The van der Waals surface area contributed by atoms with Crippen molar-refractivity contribution in [2.24, 2.45) is 0 Å². The van der Waals surface area contributed by atoms with Crippen molar-refractivity contribution in [3.63, 3.8) is 0 Å². The SMILES string of the molecule is CCCCOC(=O)c1cc(N)ccc1Sc1nnc(C)n1N. The zero-order valence-electron chi connectivity index (χ0n) is 12.6. The summed E-state index contributed by atoms with van der Waals surface area (Å²) < 4.78 is 6.62. The molecular weight excluding hydrogens is 302 g/mol. The van der Waals surface area contributed by atoms with Crippen molar-refractivity contribution >= 4 is 23.4 Å². The number of nitrogens with two attached hydrogens (primary N) is 2. The first-order valence-corrected chi connectivity index (χ1v) is 7.76. The number of nitrogen functional groups attached to an aromatic ring is 2. The quantitative estimate of drug-likeness (QED) is 0.362. The van der Waals surface area contributed by atoms with E-state index in [4.69, 9.17) is 16.3 Å². The number of aromatic nitrogens is 3. The van der Waals surface area contributed by atoms with E-state index in [1.165, 1.54) is 16.4 Å². The molecule has 0 radical (unpaired) electrons. The Kier molecular flexibility index (Phi) is 5.26. The third-order valence-corrected chi connectivity index (χ3v) is 4.03. The Morgan fingerprint density at radius 1 is 1.41 bits per heavy atom. The second-order valence-corrected chi connectivity index (χ2v) is 5.76. The standard InChI is InChI=1S/C14H19N5O2S/c1-3-4-7-21-13(20)11-8-10(15)5-6-12(11)22-14-18-17-9(2)19(14)16/h5-6,8H,3-4,7,15-16H2,1-2H3. The van der Waals surface area contributed by atoms with E-state index < -0.39 is 5.97 Å². The van der Waals surface area contributed by atoms with Crippen LogP contribution in [0.5, 0.6) is 0 Å². The van der Waals surface area contributed by atoms with Crippen LogP contribution >= 0.6 is 11.8 Å². The average Bonchev–Trinajstić information content (AvgIpc) is 2.81. The molecular formula is C14H19N5O2S. The Bertz CT molecular complexity index is 671. The molecule has 2 rings (SSSR count). The van der Waals surface area contributed by atoms with E-state index in [2.05, 4.69) is 10.2 Å². The highest BCUT2D eigenvalue weighted by molar-refractivity contribution is 7.99. The van der Waals surface area contributed by atoms with E-state index in [-0.39, 0.29) is 0 Å². The number of nitrogens with zero attached hydrogens (tertiary/aromatic N) is 3. The van der Waals surface area contributed by atoms with Crippen molar-refractivity contribution < 1.29 is 9.53 Å². The van der Waals surface area contributed by atoms with Gasteiger partial charge in [0.05, 0.1) is 12.2 Å². The molecule has 8 heteroatoms. The zero-order chi connectivity index (χ0) is 16.1. The highest BCUT2D eigenvalue weighted by Gasteiger charge is 2.17. The molecule has 0 spiro atoms. The van der Waals surface area contributed by atoms with Crippen LogP contribution in [-0.4, -0.2) is 27.4 Å². The summed E-state index contributed by atoms with van der Waals surface area (Å²) in [6, 6.07) is 5.07. The number of unbranched alkanes of at least 4 members (excludes halogenated alkanes) is 1. The summed E-state index contributed by atoms with van der Waals surface area (Å²) in [6.07, 6.45) is 1.79. The number of rotatable bonds is 6. The van der Waals surface area contributed by atoms with E-state index in [0.29, 0.717) is 33.7 Å². The molecule has 22 heavy (non-hydrogen) atoms. The number of carbonyl (C=O) groups is 1. The smallest absolute Gasteiger partial charge is 0.339 e. The van der Waals surface area contributed by atoms with E-state index in [0.717, 1.165) is 12.8 Å². The highest BCUT2D eigenvalue weighted by atomic mass is 32.2. The van der Waals surface area contributed by atoms with Gasteiger partial charge in [-0.25, -0.2) is 9.47 Å². The molecule has 4 N–H and O–H groups in total. The van der Waals surface area contributed by atoms with Crippen LogP contribution in [0.15, 0.2) is 28.3 Å². The largest absolute Gasteiger partial charge is 0.462 e. The normalized spacial score (nSPS) is 10.6. The minimum absolute atomic E-state index is 0.389. The second kappa shape index (κ2) is 7.17. The molecule has 2 aromatic rings. The van der Waals surface area contributed by atoms with Gasteiger partial charge >= 0.3 is 5.97 Å². The third kappa shape index (κ3) is 3.70. The van der Waals surface area contributed by atoms with Gasteiger partial charge in [0, 0.05) is 10.6 Å². The molecule has 0 aliphatic carbocycles. The van der Waals surface area contributed by atoms with Gasteiger partial charge in [-0.15, -0.1) is 10.2 Å². The van der Waals surface area contributed by atoms with Crippen LogP contribution in [0.3, 0.4) is 0 Å². The van der Waals surface area contributed by atoms with Crippen LogP contribution in [0.25, 0.3) is 0 Å². The molecule has 0 unspecified atom stereocenters. The molecule has 0 saturated heterocycles. The molecule has 0 atom stereocenters. The molecule has 0 bridgehead atoms. The van der Waals surface area contributed by atoms with Crippen LogP contribution in [0.4, 0.5) is 5.69 Å². The van der Waals surface area contributed by atoms with Crippen molar-refractivity contribution in [1.29, 1.82) is 0 Å². The molecule has 118 valence electrons. The fourth-order valence-corrected chi connectivity index (χ4v) is 2.60. The van der Waals surface area contributed by atoms with E-state index >= 15 is 0 Å². The van der Waals surface area contributed by atoms with Crippen LogP contribution in [0, 0.1) is 6.92 Å². The van der Waals surface area contributed by atoms with Crippen molar-refractivity contribution in [1.82, 2.24) is 14.9 Å². The maximum Gasteiger partial charge on any atom is 0.339 e. The lowest BCUT2D eigenvalue weighted by atomic mass is 10.2. The van der Waals surface area contributed by atoms with E-state index in [1.807, 2.05) is 6.92 Å². The maximum absolute atomic E-state index is 12.2. The average molecular weight is 321 g/mol. The molecule has 1 aromatic heterocycles. The van der Waals surface area contributed by atoms with Gasteiger partial charge in [0.25, 0.3) is 0 Å². The third-order valence-electron chi connectivity index (χ3n) is 2.99. The van der Waals surface area contributed by atoms with Gasteiger partial charge in [-0.05, 0) is 43.3 Å². The monoisotopic (exact) mass is 321 g/mol. The first kappa shape index (κ1) is 16.2. The zero-order valence-corrected chi connectivity index (χ0v) is 13.4. The molecule has 0 aliphatic rings. The highest BCUT2D eigenvalue weighted by Crippen LogP contribution is 2.30. The number of aryl methyl sites for hydroxylation is 1. The number of ether oxygens (including phenoxy) is 1. The lowest BCUT2D eigenvalue weighted by Gasteiger charge is -2.10. The Morgan fingerprint density at radius 3 is 2.82 bits per heavy atom. The molecule has 0 amide bonds. The fraction of sp³-hybridized carbons (Fsp3) is 0.357. The number of hydrogen-bond acceptors (Lipinski definition) is 7. The Labute approximate surface area is 133 Å². The van der Waals surface area contributed by atoms with E-state index in [1.54, 1.807) is 25.1 Å². The van der Waals surface area contributed by atoms with Gasteiger partial charge in [-0.2, -0.15) is 0 Å². The number of anilines is 1. The molecule has 1 aromatic carbocycles. The summed E-state index contributed by atoms with van der Waals surface area (Å²) in [4.78, 5) is 12.9. The van der Waals surface area contributed by atoms with Gasteiger partial charge in [0.2, 0.25) is 5.16 Å². The Morgan fingerprint density at radius 2 is 2.18 bits per heavy atom.